The molecule has 0 aromatic carbocycles. The Morgan fingerprint density at radius 2 is 1.86 bits per heavy atom. The Balaban J connectivity index is 1.74. The molecule has 0 aromatic rings. The molecule has 0 amide bonds. The van der Waals surface area contributed by atoms with E-state index in [1.165, 1.54) is 12.2 Å². The van der Waals surface area contributed by atoms with Crippen molar-refractivity contribution in [2.24, 2.45) is 28.6 Å². The first-order chi connectivity index (χ1) is 16.4. The predicted octanol–water partition coefficient (Wildman–Crippen LogP) is 3.43. The van der Waals surface area contributed by atoms with Crippen molar-refractivity contribution < 1.29 is 38.1 Å². The average molecular weight is 491 g/mol. The molecule has 0 bridgehead atoms. The van der Waals surface area contributed by atoms with Crippen LogP contribution in [0.15, 0.2) is 23.8 Å². The fraction of sp³-hybridized carbons (Fsp3) is 0.704. The van der Waals surface area contributed by atoms with Gasteiger partial charge in [-0.25, -0.2) is 4.39 Å². The minimum Gasteiger partial charge on any atom is -0.457 e. The summed E-state index contributed by atoms with van der Waals surface area (Å²) >= 11 is 0. The number of Topliss-reactive ketones (excluding diaryl/α,β-unsaturated/α-hetero) is 1. The molecule has 0 radical (unpaired) electrons. The predicted molar refractivity (Wildman–Crippen MR) is 124 cm³/mol. The number of carbonyl (C=O) groups excluding carboxylic acids is 4. The zero-order chi connectivity index (χ0) is 25.8. The van der Waals surface area contributed by atoms with Gasteiger partial charge in [-0.15, -0.1) is 0 Å². The smallest absolute Gasteiger partial charge is 0.306 e. The van der Waals surface area contributed by atoms with E-state index in [1.807, 2.05) is 13.8 Å². The molecule has 192 valence electrons. The molecule has 8 heteroatoms. The van der Waals surface area contributed by atoms with E-state index in [0.717, 1.165) is 0 Å². The van der Waals surface area contributed by atoms with Crippen LogP contribution in [-0.4, -0.2) is 53.1 Å². The Morgan fingerprint density at radius 3 is 2.51 bits per heavy atom. The highest BCUT2D eigenvalue weighted by Gasteiger charge is 2.71. The van der Waals surface area contributed by atoms with Crippen molar-refractivity contribution >= 4 is 23.5 Å². The molecule has 3 saturated carbocycles. The zero-order valence-electron chi connectivity index (χ0n) is 20.8. The van der Waals surface area contributed by atoms with Crippen molar-refractivity contribution in [2.75, 3.05) is 6.61 Å². The third kappa shape index (κ3) is 3.79. The Hall–Kier alpha value is -2.35. The molecule has 0 spiro atoms. The van der Waals surface area contributed by atoms with Crippen LogP contribution in [0, 0.1) is 28.6 Å². The highest BCUT2D eigenvalue weighted by Crippen LogP contribution is 2.68. The lowest BCUT2D eigenvalue weighted by molar-refractivity contribution is -0.202. The van der Waals surface area contributed by atoms with Gasteiger partial charge in [-0.2, -0.15) is 0 Å². The SMILES string of the molecule is CCC(=O)OCC(=O)[C@@]1(OC(=O)CC)CC[C@H]2[C@@H]3C[C@H](F)C4=CC(=O)C=C[C@]4(C)[C@H]3C(O)C[C@@]21C. The van der Waals surface area contributed by atoms with E-state index in [1.54, 1.807) is 19.9 Å². The fourth-order valence-corrected chi connectivity index (χ4v) is 7.64. The summed E-state index contributed by atoms with van der Waals surface area (Å²) in [5.41, 5.74) is -2.94. The molecule has 4 aliphatic carbocycles. The average Bonchev–Trinajstić information content (AvgIpc) is 3.10. The monoisotopic (exact) mass is 490 g/mol. The fourth-order valence-electron chi connectivity index (χ4n) is 7.64. The topological polar surface area (TPSA) is 107 Å². The number of rotatable bonds is 6. The first-order valence-electron chi connectivity index (χ1n) is 12.6. The van der Waals surface area contributed by atoms with Crippen LogP contribution in [0.2, 0.25) is 0 Å². The van der Waals surface area contributed by atoms with Gasteiger partial charge in [0, 0.05) is 29.6 Å². The first kappa shape index (κ1) is 25.7. The second-order valence-corrected chi connectivity index (χ2v) is 10.9. The summed E-state index contributed by atoms with van der Waals surface area (Å²) in [6.07, 6.45) is 3.46. The summed E-state index contributed by atoms with van der Waals surface area (Å²) in [5.74, 6) is -2.66. The van der Waals surface area contributed by atoms with E-state index in [9.17, 15) is 24.3 Å². The minimum atomic E-state index is -1.56. The largest absolute Gasteiger partial charge is 0.457 e. The van der Waals surface area contributed by atoms with Crippen molar-refractivity contribution in [3.05, 3.63) is 23.8 Å². The first-order valence-corrected chi connectivity index (χ1v) is 12.6. The van der Waals surface area contributed by atoms with E-state index in [2.05, 4.69) is 0 Å². The van der Waals surface area contributed by atoms with Crippen LogP contribution in [0.4, 0.5) is 4.39 Å². The summed E-state index contributed by atoms with van der Waals surface area (Å²) in [7, 11) is 0. The van der Waals surface area contributed by atoms with Crippen LogP contribution < -0.4 is 0 Å². The van der Waals surface area contributed by atoms with Gasteiger partial charge >= 0.3 is 11.9 Å². The zero-order valence-corrected chi connectivity index (χ0v) is 20.8. The number of hydrogen-bond donors (Lipinski definition) is 1. The number of fused-ring (bicyclic) bond motifs is 5. The van der Waals surface area contributed by atoms with Gasteiger partial charge in [0.15, 0.2) is 18.0 Å². The molecule has 7 nitrogen and oxygen atoms in total. The van der Waals surface area contributed by atoms with Crippen LogP contribution in [-0.2, 0) is 28.7 Å². The number of allylic oxidation sites excluding steroid dienone is 4. The normalized spacial score (nSPS) is 41.8. The number of aliphatic hydroxyl groups is 1. The van der Waals surface area contributed by atoms with Gasteiger partial charge in [-0.3, -0.25) is 19.2 Å². The molecular weight excluding hydrogens is 455 g/mol. The molecule has 0 saturated heterocycles. The Labute approximate surface area is 205 Å². The van der Waals surface area contributed by atoms with Crippen LogP contribution in [0.1, 0.15) is 66.2 Å². The standard InChI is InChI=1S/C27H35FO7/c1-5-22(32)34-14-21(31)27(35-23(33)6-2)10-8-17-16-12-19(28)18-11-15(29)7-9-25(18,3)24(16)20(30)13-26(17,27)4/h7,9,11,16-17,19-20,24,30H,5-6,8,10,12-14H2,1-4H3/t16-,17-,19-,20?,24+,25-,26-,27-/m0/s1. The van der Waals surface area contributed by atoms with Crippen LogP contribution in [0.25, 0.3) is 0 Å². The van der Waals surface area contributed by atoms with Gasteiger partial charge in [0.25, 0.3) is 0 Å². The number of alkyl halides is 1. The molecule has 0 heterocycles. The quantitative estimate of drug-likeness (QED) is 0.569. The Bertz CT molecular complexity index is 1000. The molecule has 0 aromatic heterocycles. The van der Waals surface area contributed by atoms with Crippen molar-refractivity contribution in [1.29, 1.82) is 0 Å². The molecule has 35 heavy (non-hydrogen) atoms. The van der Waals surface area contributed by atoms with E-state index < -0.39 is 53.0 Å². The van der Waals surface area contributed by atoms with Crippen molar-refractivity contribution in [3.63, 3.8) is 0 Å². The van der Waals surface area contributed by atoms with Gasteiger partial charge in [0.1, 0.15) is 6.17 Å². The molecule has 1 unspecified atom stereocenters. The van der Waals surface area contributed by atoms with Crippen LogP contribution in [0.5, 0.6) is 0 Å². The number of ketones is 2. The van der Waals surface area contributed by atoms with Gasteiger partial charge in [0.05, 0.1) is 6.10 Å². The van der Waals surface area contributed by atoms with E-state index >= 15 is 4.39 Å². The summed E-state index contributed by atoms with van der Waals surface area (Å²) in [6, 6.07) is 0. The van der Waals surface area contributed by atoms with Crippen LogP contribution in [0.3, 0.4) is 0 Å². The molecule has 4 rings (SSSR count). The number of ether oxygens (including phenoxy) is 2. The summed E-state index contributed by atoms with van der Waals surface area (Å²) in [4.78, 5) is 49.8. The summed E-state index contributed by atoms with van der Waals surface area (Å²) in [5, 5.41) is 11.5. The van der Waals surface area contributed by atoms with Gasteiger partial charge in [-0.05, 0) is 55.2 Å². The highest BCUT2D eigenvalue weighted by molar-refractivity contribution is 6.01. The second kappa shape index (κ2) is 8.95. The molecule has 8 atom stereocenters. The van der Waals surface area contributed by atoms with Gasteiger partial charge in [-0.1, -0.05) is 33.8 Å². The molecule has 1 N–H and O–H groups in total. The minimum absolute atomic E-state index is 0.0662. The number of aliphatic hydroxyl groups excluding tert-OH is 1. The maximum atomic E-state index is 15.5. The van der Waals surface area contributed by atoms with Gasteiger partial charge < -0.3 is 14.6 Å². The van der Waals surface area contributed by atoms with Crippen LogP contribution >= 0.6 is 0 Å². The molecule has 3 fully saturated rings. The Kier molecular flexibility index (Phi) is 6.58. The number of hydrogen-bond acceptors (Lipinski definition) is 7. The number of esters is 2. The maximum absolute atomic E-state index is 15.5. The van der Waals surface area contributed by atoms with Crippen molar-refractivity contribution in [2.45, 2.75) is 84.1 Å². The second-order valence-electron chi connectivity index (χ2n) is 10.9. The maximum Gasteiger partial charge on any atom is 0.306 e. The lowest BCUT2D eigenvalue weighted by atomic mass is 9.46. The Morgan fingerprint density at radius 1 is 1.17 bits per heavy atom. The van der Waals surface area contributed by atoms with Crippen molar-refractivity contribution in [1.82, 2.24) is 0 Å². The van der Waals surface area contributed by atoms with Crippen molar-refractivity contribution in [3.8, 4) is 0 Å². The third-order valence-electron chi connectivity index (χ3n) is 9.28. The van der Waals surface area contributed by atoms with E-state index in [-0.39, 0.29) is 55.6 Å². The molecule has 0 aliphatic heterocycles. The molecule has 4 aliphatic rings. The van der Waals surface area contributed by atoms with E-state index in [4.69, 9.17) is 9.47 Å². The molecular formula is C27H35FO7. The highest BCUT2D eigenvalue weighted by atomic mass is 19.1. The lowest BCUT2D eigenvalue weighted by Crippen LogP contribution is -2.63. The third-order valence-corrected chi connectivity index (χ3v) is 9.28. The van der Waals surface area contributed by atoms with E-state index in [0.29, 0.717) is 12.0 Å². The van der Waals surface area contributed by atoms with Gasteiger partial charge in [0.2, 0.25) is 5.78 Å². The lowest BCUT2D eigenvalue weighted by Gasteiger charge is -2.60. The number of carbonyl (C=O) groups is 4. The summed E-state index contributed by atoms with van der Waals surface area (Å²) in [6.45, 7) is 6.45. The number of halogens is 1. The summed E-state index contributed by atoms with van der Waals surface area (Å²) < 4.78 is 26.6.